The lowest BCUT2D eigenvalue weighted by Crippen LogP contribution is -2.40. The maximum absolute atomic E-state index is 12.4. The summed E-state index contributed by atoms with van der Waals surface area (Å²) in [4.78, 5) is 38.0. The highest BCUT2D eigenvalue weighted by Crippen LogP contribution is 2.37. The standard InChI is InChI=1S/C18H22N2O4/c1-24-13-6-4-5-12(9-13)10-19-16(21)11-20-17(22)14-7-2-3-8-15(14)18(20)23/h4-6,9,14-15H,2-3,7-8,10-11H2,1H3,(H,19,21). The van der Waals surface area contributed by atoms with E-state index in [-0.39, 0.29) is 36.1 Å². The number of hydrogen-bond donors (Lipinski definition) is 1. The third kappa shape index (κ3) is 3.27. The highest BCUT2D eigenvalue weighted by atomic mass is 16.5. The third-order valence-corrected chi connectivity index (χ3v) is 4.86. The molecule has 3 rings (SSSR count). The Bertz CT molecular complexity index is 634. The Morgan fingerprint density at radius 1 is 1.21 bits per heavy atom. The van der Waals surface area contributed by atoms with Gasteiger partial charge in [-0.1, -0.05) is 25.0 Å². The first-order valence-electron chi connectivity index (χ1n) is 8.35. The fourth-order valence-corrected chi connectivity index (χ4v) is 3.57. The van der Waals surface area contributed by atoms with Crippen molar-refractivity contribution < 1.29 is 19.1 Å². The summed E-state index contributed by atoms with van der Waals surface area (Å²) < 4.78 is 5.14. The predicted octanol–water partition coefficient (Wildman–Crippen LogP) is 1.49. The van der Waals surface area contributed by atoms with Crippen LogP contribution in [0.2, 0.25) is 0 Å². The van der Waals surface area contributed by atoms with Crippen LogP contribution >= 0.6 is 0 Å². The molecule has 0 aromatic heterocycles. The minimum Gasteiger partial charge on any atom is -0.497 e. The first-order valence-corrected chi connectivity index (χ1v) is 8.35. The molecule has 0 spiro atoms. The molecule has 24 heavy (non-hydrogen) atoms. The number of nitrogens with zero attached hydrogens (tertiary/aromatic N) is 1. The largest absolute Gasteiger partial charge is 0.497 e. The SMILES string of the molecule is COc1cccc(CNC(=O)CN2C(=O)C3CCCCC3C2=O)c1. The number of imide groups is 1. The average Bonchev–Trinajstić information content (AvgIpc) is 2.85. The van der Waals surface area contributed by atoms with Crippen LogP contribution in [0.15, 0.2) is 24.3 Å². The van der Waals surface area contributed by atoms with Gasteiger partial charge in [0.05, 0.1) is 18.9 Å². The molecule has 6 nitrogen and oxygen atoms in total. The summed E-state index contributed by atoms with van der Waals surface area (Å²) >= 11 is 0. The van der Waals surface area contributed by atoms with Crippen molar-refractivity contribution in [2.45, 2.75) is 32.2 Å². The van der Waals surface area contributed by atoms with Crippen molar-refractivity contribution in [3.63, 3.8) is 0 Å². The summed E-state index contributed by atoms with van der Waals surface area (Å²) in [5, 5.41) is 2.76. The Balaban J connectivity index is 1.56. The highest BCUT2D eigenvalue weighted by molar-refractivity contribution is 6.07. The maximum atomic E-state index is 12.4. The average molecular weight is 330 g/mol. The first kappa shape index (κ1) is 16.5. The first-order chi connectivity index (χ1) is 11.6. The number of carbonyl (C=O) groups excluding carboxylic acids is 3. The molecule has 2 aliphatic rings. The number of benzene rings is 1. The quantitative estimate of drug-likeness (QED) is 0.830. The molecule has 2 unspecified atom stereocenters. The van der Waals surface area contributed by atoms with E-state index in [0.717, 1.165) is 41.9 Å². The lowest BCUT2D eigenvalue weighted by atomic mass is 9.81. The van der Waals surface area contributed by atoms with Crippen molar-refractivity contribution >= 4 is 17.7 Å². The molecule has 1 aromatic carbocycles. The highest BCUT2D eigenvalue weighted by Gasteiger charge is 2.48. The Morgan fingerprint density at radius 2 is 1.88 bits per heavy atom. The zero-order chi connectivity index (χ0) is 17.1. The molecular weight excluding hydrogens is 308 g/mol. The number of amides is 3. The minimum absolute atomic E-state index is 0.179. The minimum atomic E-state index is -0.321. The van der Waals surface area contributed by atoms with E-state index in [9.17, 15) is 14.4 Å². The molecule has 1 N–H and O–H groups in total. The molecule has 6 heteroatoms. The Morgan fingerprint density at radius 3 is 2.50 bits per heavy atom. The Labute approximate surface area is 141 Å². The van der Waals surface area contributed by atoms with Crippen LogP contribution in [-0.2, 0) is 20.9 Å². The molecule has 2 fully saturated rings. The van der Waals surface area contributed by atoms with Crippen molar-refractivity contribution in [3.8, 4) is 5.75 Å². The van der Waals surface area contributed by atoms with Gasteiger partial charge in [-0.25, -0.2) is 0 Å². The Hall–Kier alpha value is -2.37. The molecule has 3 amide bonds. The fourth-order valence-electron chi connectivity index (χ4n) is 3.57. The topological polar surface area (TPSA) is 75.7 Å². The van der Waals surface area contributed by atoms with Crippen LogP contribution in [-0.4, -0.2) is 36.3 Å². The monoisotopic (exact) mass is 330 g/mol. The lowest BCUT2D eigenvalue weighted by Gasteiger charge is -2.19. The van der Waals surface area contributed by atoms with Gasteiger partial charge in [-0.3, -0.25) is 19.3 Å². The second-order valence-electron chi connectivity index (χ2n) is 6.39. The molecule has 0 bridgehead atoms. The van der Waals surface area contributed by atoms with Crippen molar-refractivity contribution in [2.24, 2.45) is 11.8 Å². The number of ether oxygens (including phenoxy) is 1. The molecule has 128 valence electrons. The molecule has 0 radical (unpaired) electrons. The van der Waals surface area contributed by atoms with E-state index in [1.54, 1.807) is 7.11 Å². The third-order valence-electron chi connectivity index (χ3n) is 4.86. The molecular formula is C18H22N2O4. The van der Waals surface area contributed by atoms with Crippen LogP contribution in [0.3, 0.4) is 0 Å². The molecule has 2 atom stereocenters. The summed E-state index contributed by atoms with van der Waals surface area (Å²) in [6.45, 7) is 0.147. The van der Waals surface area contributed by atoms with E-state index >= 15 is 0 Å². The number of likely N-dealkylation sites (tertiary alicyclic amines) is 1. The molecule has 1 aliphatic carbocycles. The van der Waals surface area contributed by atoms with Gasteiger partial charge in [-0.15, -0.1) is 0 Å². The summed E-state index contributed by atoms with van der Waals surface area (Å²) in [6, 6.07) is 7.39. The van der Waals surface area contributed by atoms with E-state index in [1.165, 1.54) is 0 Å². The van der Waals surface area contributed by atoms with E-state index in [0.29, 0.717) is 6.54 Å². The van der Waals surface area contributed by atoms with Gasteiger partial charge in [0.2, 0.25) is 17.7 Å². The molecule has 1 saturated heterocycles. The second-order valence-corrected chi connectivity index (χ2v) is 6.39. The van der Waals surface area contributed by atoms with E-state index in [4.69, 9.17) is 4.74 Å². The molecule has 1 aliphatic heterocycles. The maximum Gasteiger partial charge on any atom is 0.240 e. The van der Waals surface area contributed by atoms with Gasteiger partial charge in [0.1, 0.15) is 12.3 Å². The van der Waals surface area contributed by atoms with Crippen molar-refractivity contribution in [3.05, 3.63) is 29.8 Å². The van der Waals surface area contributed by atoms with Crippen LogP contribution in [0.25, 0.3) is 0 Å². The Kier molecular flexibility index (Phi) is 4.83. The molecule has 1 saturated carbocycles. The van der Waals surface area contributed by atoms with Gasteiger partial charge < -0.3 is 10.1 Å². The molecule has 1 heterocycles. The van der Waals surface area contributed by atoms with Gasteiger partial charge >= 0.3 is 0 Å². The number of fused-ring (bicyclic) bond motifs is 1. The zero-order valence-corrected chi connectivity index (χ0v) is 13.8. The van der Waals surface area contributed by atoms with Gasteiger partial charge in [-0.2, -0.15) is 0 Å². The number of hydrogen-bond acceptors (Lipinski definition) is 4. The van der Waals surface area contributed by atoms with Crippen molar-refractivity contribution in [2.75, 3.05) is 13.7 Å². The van der Waals surface area contributed by atoms with Gasteiger partial charge in [0, 0.05) is 6.54 Å². The van der Waals surface area contributed by atoms with Crippen LogP contribution < -0.4 is 10.1 Å². The smallest absolute Gasteiger partial charge is 0.240 e. The fraction of sp³-hybridized carbons (Fsp3) is 0.500. The van der Waals surface area contributed by atoms with Gasteiger partial charge in [0.25, 0.3) is 0 Å². The van der Waals surface area contributed by atoms with Crippen LogP contribution in [0.5, 0.6) is 5.75 Å². The lowest BCUT2D eigenvalue weighted by molar-refractivity contribution is -0.143. The van der Waals surface area contributed by atoms with Crippen molar-refractivity contribution in [1.29, 1.82) is 0 Å². The van der Waals surface area contributed by atoms with Crippen molar-refractivity contribution in [1.82, 2.24) is 10.2 Å². The van der Waals surface area contributed by atoms with Crippen LogP contribution in [0, 0.1) is 11.8 Å². The summed E-state index contributed by atoms with van der Waals surface area (Å²) in [5.41, 5.74) is 0.899. The van der Waals surface area contributed by atoms with E-state index < -0.39 is 0 Å². The normalized spacial score (nSPS) is 23.1. The van der Waals surface area contributed by atoms with E-state index in [2.05, 4.69) is 5.32 Å². The van der Waals surface area contributed by atoms with Gasteiger partial charge in [0.15, 0.2) is 0 Å². The van der Waals surface area contributed by atoms with Crippen LogP contribution in [0.4, 0.5) is 0 Å². The zero-order valence-electron chi connectivity index (χ0n) is 13.8. The predicted molar refractivity (Wildman–Crippen MR) is 87.0 cm³/mol. The second kappa shape index (κ2) is 7.03. The number of methoxy groups -OCH3 is 1. The summed E-state index contributed by atoms with van der Waals surface area (Å²) in [7, 11) is 1.59. The number of rotatable bonds is 5. The summed E-state index contributed by atoms with van der Waals surface area (Å²) in [5.74, 6) is -0.383. The van der Waals surface area contributed by atoms with Gasteiger partial charge in [-0.05, 0) is 30.5 Å². The number of nitrogens with one attached hydrogen (secondary N) is 1. The van der Waals surface area contributed by atoms with E-state index in [1.807, 2.05) is 24.3 Å². The number of carbonyl (C=O) groups is 3. The molecule has 1 aromatic rings. The van der Waals surface area contributed by atoms with Crippen LogP contribution in [0.1, 0.15) is 31.2 Å². The summed E-state index contributed by atoms with van der Waals surface area (Å²) in [6.07, 6.45) is 3.49.